The Morgan fingerprint density at radius 2 is 1.59 bits per heavy atom. The maximum Gasteiger partial charge on any atom is 3.00 e. The first-order chi connectivity index (χ1) is 19.3. The van der Waals surface area contributed by atoms with Crippen molar-refractivity contribution >= 4 is 11.0 Å². The van der Waals surface area contributed by atoms with Crippen LogP contribution in [0.25, 0.3) is 33.7 Å². The molecule has 0 amide bonds. The van der Waals surface area contributed by atoms with Gasteiger partial charge < -0.3 is 14.3 Å². The molecule has 5 heteroatoms. The van der Waals surface area contributed by atoms with Crippen LogP contribution >= 0.6 is 0 Å². The van der Waals surface area contributed by atoms with Crippen LogP contribution in [0.1, 0.15) is 37.5 Å². The number of imidazole rings is 1. The molecule has 4 aromatic carbocycles. The third kappa shape index (κ3) is 5.48. The first-order valence-corrected chi connectivity index (χ1v) is 13.5. The quantitative estimate of drug-likeness (QED) is 0.134. The van der Waals surface area contributed by atoms with E-state index in [-0.39, 0.29) is 25.5 Å². The molecule has 0 spiro atoms. The molecule has 3 heterocycles. The van der Waals surface area contributed by atoms with Gasteiger partial charge in [-0.1, -0.05) is 68.7 Å². The molecule has 0 atom stereocenters. The van der Waals surface area contributed by atoms with Crippen LogP contribution in [0, 0.1) is 32.3 Å². The number of nitrogens with zero attached hydrogens (tertiary/aromatic N) is 3. The molecule has 2 aromatic heterocycles. The Labute approximate surface area is 255 Å². The normalized spacial score (nSPS) is 11.5. The average Bonchev–Trinajstić information content (AvgIpc) is 3.34. The van der Waals surface area contributed by atoms with Crippen molar-refractivity contribution < 1.29 is 29.4 Å². The molecule has 204 valence electrons. The van der Waals surface area contributed by atoms with E-state index in [1.54, 1.807) is 6.20 Å². The van der Waals surface area contributed by atoms with Gasteiger partial charge in [0.1, 0.15) is 11.3 Å². The second-order valence-corrected chi connectivity index (χ2v) is 11.1. The van der Waals surface area contributed by atoms with Crippen LogP contribution in [0.4, 0.5) is 0 Å². The molecule has 0 fully saturated rings. The number of para-hydroxylation sites is 2. The van der Waals surface area contributed by atoms with Crippen LogP contribution in [0.3, 0.4) is 0 Å². The molecule has 1 aliphatic heterocycles. The predicted octanol–water partition coefficient (Wildman–Crippen LogP) is 8.07. The van der Waals surface area contributed by atoms with E-state index in [4.69, 9.17) is 4.74 Å². The molecule has 0 saturated carbocycles. The van der Waals surface area contributed by atoms with Crippen molar-refractivity contribution in [2.75, 3.05) is 0 Å². The molecule has 0 aliphatic carbocycles. The molecule has 0 radical (unpaired) electrons. The van der Waals surface area contributed by atoms with Crippen LogP contribution in [0.5, 0.6) is 11.5 Å². The second-order valence-electron chi connectivity index (χ2n) is 11.1. The Hall–Kier alpha value is -4.05. The van der Waals surface area contributed by atoms with Crippen molar-refractivity contribution in [2.24, 2.45) is 0 Å². The summed E-state index contributed by atoms with van der Waals surface area (Å²) >= 11 is 0. The Balaban J connectivity index is 0.000000218. The van der Waals surface area contributed by atoms with Crippen molar-refractivity contribution in [1.29, 1.82) is 0 Å². The van der Waals surface area contributed by atoms with Gasteiger partial charge in [0.25, 0.3) is 6.33 Å². The molecular formula is C36H31IrN3O+. The smallest absolute Gasteiger partial charge is 0.523 e. The molecule has 6 aromatic rings. The van der Waals surface area contributed by atoms with Gasteiger partial charge in [0.15, 0.2) is 0 Å². The summed E-state index contributed by atoms with van der Waals surface area (Å²) in [7, 11) is 0. The molecule has 0 saturated heterocycles. The van der Waals surface area contributed by atoms with Gasteiger partial charge in [0.2, 0.25) is 0 Å². The Morgan fingerprint density at radius 3 is 2.27 bits per heavy atom. The SMILES string of the molecule is Cc1cccc(C)c1-n1[c-][n+]2c3c(cccc31)Oc1cc(C(C)(C)C)c[c-]c1-2.[Ir+3].[c-]1ccccc1-c1ccccn1. The summed E-state index contributed by atoms with van der Waals surface area (Å²) in [4.78, 5) is 4.22. The Kier molecular flexibility index (Phi) is 7.95. The maximum absolute atomic E-state index is 6.31. The number of rotatable bonds is 2. The van der Waals surface area contributed by atoms with Gasteiger partial charge in [0, 0.05) is 11.9 Å². The predicted molar refractivity (Wildman–Crippen MR) is 159 cm³/mol. The number of ether oxygens (including phenoxy) is 1. The number of fused-ring (bicyclic) bond motifs is 2. The fraction of sp³-hybridized carbons (Fsp3) is 0.167. The number of hydrogen-bond acceptors (Lipinski definition) is 2. The van der Waals surface area contributed by atoms with E-state index in [1.165, 1.54) is 16.7 Å². The van der Waals surface area contributed by atoms with Gasteiger partial charge in [-0.25, -0.2) is 0 Å². The van der Waals surface area contributed by atoms with Gasteiger partial charge in [0.05, 0.1) is 11.2 Å². The summed E-state index contributed by atoms with van der Waals surface area (Å²) < 4.78 is 10.5. The van der Waals surface area contributed by atoms with Gasteiger partial charge >= 0.3 is 20.1 Å². The molecule has 0 bridgehead atoms. The topological polar surface area (TPSA) is 30.9 Å². The Morgan fingerprint density at radius 1 is 0.829 bits per heavy atom. The van der Waals surface area contributed by atoms with Gasteiger partial charge in [-0.05, 0) is 48.5 Å². The molecule has 0 N–H and O–H groups in total. The first kappa shape index (κ1) is 28.5. The van der Waals surface area contributed by atoms with Crippen LogP contribution in [-0.4, -0.2) is 9.55 Å². The first-order valence-electron chi connectivity index (χ1n) is 13.5. The third-order valence-corrected chi connectivity index (χ3v) is 7.15. The molecule has 7 rings (SSSR count). The summed E-state index contributed by atoms with van der Waals surface area (Å²) in [5, 5.41) is 0. The van der Waals surface area contributed by atoms with Crippen LogP contribution < -0.4 is 9.30 Å². The van der Waals surface area contributed by atoms with Crippen LogP contribution in [0.15, 0.2) is 97.2 Å². The molecule has 41 heavy (non-hydrogen) atoms. The molecule has 1 aliphatic rings. The summed E-state index contributed by atoms with van der Waals surface area (Å²) in [5.74, 6) is 1.68. The maximum atomic E-state index is 6.31. The van der Waals surface area contributed by atoms with Crippen LogP contribution in [0.2, 0.25) is 0 Å². The fourth-order valence-corrected chi connectivity index (χ4v) is 5.04. The van der Waals surface area contributed by atoms with Crippen molar-refractivity contribution in [1.82, 2.24) is 9.55 Å². The van der Waals surface area contributed by atoms with E-state index in [9.17, 15) is 0 Å². The zero-order valence-corrected chi connectivity index (χ0v) is 26.2. The van der Waals surface area contributed by atoms with E-state index in [0.717, 1.165) is 45.2 Å². The van der Waals surface area contributed by atoms with Gasteiger partial charge in [-0.3, -0.25) is 4.57 Å². The molecular weight excluding hydrogens is 683 g/mol. The van der Waals surface area contributed by atoms with E-state index in [0.29, 0.717) is 0 Å². The number of hydrogen-bond donors (Lipinski definition) is 0. The van der Waals surface area contributed by atoms with Crippen molar-refractivity contribution in [3.05, 3.63) is 132 Å². The van der Waals surface area contributed by atoms with E-state index >= 15 is 0 Å². The van der Waals surface area contributed by atoms with Crippen molar-refractivity contribution in [3.8, 4) is 34.1 Å². The zero-order valence-electron chi connectivity index (χ0n) is 23.8. The third-order valence-electron chi connectivity index (χ3n) is 7.15. The van der Waals surface area contributed by atoms with Gasteiger partial charge in [-0.2, -0.15) is 12.1 Å². The number of benzene rings is 4. The van der Waals surface area contributed by atoms with E-state index in [2.05, 4.69) is 104 Å². The fourth-order valence-electron chi connectivity index (χ4n) is 5.04. The average molecular weight is 714 g/mol. The van der Waals surface area contributed by atoms with Crippen LogP contribution in [-0.2, 0) is 25.5 Å². The van der Waals surface area contributed by atoms with Gasteiger partial charge in [-0.15, -0.1) is 47.5 Å². The largest absolute Gasteiger partial charge is 3.00 e. The summed E-state index contributed by atoms with van der Waals surface area (Å²) in [5.41, 5.74) is 9.87. The minimum absolute atomic E-state index is 0. The number of aryl methyl sites for hydroxylation is 2. The second kappa shape index (κ2) is 11.4. The molecule has 4 nitrogen and oxygen atoms in total. The monoisotopic (exact) mass is 714 g/mol. The number of pyridine rings is 1. The standard InChI is InChI=1S/C25H23N2O.C11H8N.Ir/c1-16-8-6-9-17(2)23(16)27-15-26-19-13-12-18(25(3,4)5)14-22(19)28-21-11-7-10-20(27)24(21)26;1-2-6-10(7-3-1)11-8-4-5-9-12-11;/h6-12,14H,1-5H3;1-6,8-9H;/q2*-1;+3. The summed E-state index contributed by atoms with van der Waals surface area (Å²) in [6.45, 7) is 10.9. The zero-order chi connectivity index (χ0) is 27.9. The Bertz CT molecular complexity index is 1760. The van der Waals surface area contributed by atoms with E-state index < -0.39 is 0 Å². The summed E-state index contributed by atoms with van der Waals surface area (Å²) in [6.07, 6.45) is 5.35. The minimum atomic E-state index is 0. The van der Waals surface area contributed by atoms with Crippen molar-refractivity contribution in [3.63, 3.8) is 0 Å². The summed E-state index contributed by atoms with van der Waals surface area (Å²) in [6, 6.07) is 37.0. The number of aromatic nitrogens is 3. The van der Waals surface area contributed by atoms with E-state index in [1.807, 2.05) is 54.6 Å². The van der Waals surface area contributed by atoms with Crippen molar-refractivity contribution in [2.45, 2.75) is 40.0 Å². The molecule has 0 unspecified atom stereocenters. The minimum Gasteiger partial charge on any atom is -0.523 e.